The molecule has 0 amide bonds. The van der Waals surface area contributed by atoms with E-state index in [4.69, 9.17) is 30.0 Å². The van der Waals surface area contributed by atoms with Crippen LogP contribution in [0.5, 0.6) is 0 Å². The number of hydrogen-bond donors (Lipinski definition) is 1. The van der Waals surface area contributed by atoms with Crippen LogP contribution in [0.1, 0.15) is 26.2 Å². The van der Waals surface area contributed by atoms with Crippen molar-refractivity contribution in [1.29, 1.82) is 0 Å². The van der Waals surface area contributed by atoms with Gasteiger partial charge in [0.15, 0.2) is 0 Å². The molecule has 3 nitrogen and oxygen atoms in total. The van der Waals surface area contributed by atoms with Crippen molar-refractivity contribution in [3.8, 4) is 0 Å². The van der Waals surface area contributed by atoms with Crippen molar-refractivity contribution in [1.82, 2.24) is 6.15 Å². The van der Waals surface area contributed by atoms with Crippen molar-refractivity contribution in [2.75, 3.05) is 0 Å². The average Bonchev–Trinajstić information content (AvgIpc) is 1.95. The van der Waals surface area contributed by atoms with Crippen molar-refractivity contribution in [3.05, 3.63) is 0 Å². The molecule has 0 aromatic carbocycles. The Balaban J connectivity index is 0. The molecule has 82 valence electrons. The van der Waals surface area contributed by atoms with Crippen LogP contribution in [0, 0.1) is 0 Å². The second-order valence-electron chi connectivity index (χ2n) is 2.28. The van der Waals surface area contributed by atoms with Crippen molar-refractivity contribution in [2.24, 2.45) is 0 Å². The first kappa shape index (κ1) is 16.7. The summed E-state index contributed by atoms with van der Waals surface area (Å²) in [5.41, 5.74) is 0. The Bertz CT molecular complexity index is 142. The third kappa shape index (κ3) is 11.2. The Morgan fingerprint density at radius 3 is 2.31 bits per heavy atom. The van der Waals surface area contributed by atoms with Crippen LogP contribution in [0.3, 0.4) is 0 Å². The second-order valence-corrected chi connectivity index (χ2v) is 16.8. The van der Waals surface area contributed by atoms with Crippen LogP contribution in [0.25, 0.3) is 0 Å². The van der Waals surface area contributed by atoms with E-state index in [1.807, 2.05) is 6.92 Å². The third-order valence-corrected chi connectivity index (χ3v) is 4.02. The van der Waals surface area contributed by atoms with Gasteiger partial charge >= 0.3 is 88.6 Å². The summed E-state index contributed by atoms with van der Waals surface area (Å²) in [4.78, 5) is 10.4. The fourth-order valence-corrected chi connectivity index (χ4v) is 3.77. The molecule has 1 atom stereocenters. The molecule has 0 radical (unpaired) electrons. The first-order valence-corrected chi connectivity index (χ1v) is 13.4. The van der Waals surface area contributed by atoms with Crippen LogP contribution in [0.4, 0.5) is 0 Å². The van der Waals surface area contributed by atoms with Crippen LogP contribution in [-0.4, -0.2) is 27.6 Å². The number of carbonyl (C=O) groups is 1. The molecule has 0 aliphatic rings. The van der Waals surface area contributed by atoms with E-state index < -0.39 is 21.3 Å². The topological polar surface area (TPSA) is 61.3 Å². The predicted octanol–water partition coefficient (Wildman–Crippen LogP) is 3.07. The van der Waals surface area contributed by atoms with Gasteiger partial charge in [-0.25, -0.2) is 0 Å². The molecule has 0 rings (SSSR count). The van der Waals surface area contributed by atoms with Crippen LogP contribution in [0.15, 0.2) is 0 Å². The minimum atomic E-state index is -3.59. The molecule has 0 heterocycles. The Kier molecular flexibility index (Phi) is 11.0. The Morgan fingerprint density at radius 1 is 1.46 bits per heavy atom. The first-order valence-electron chi connectivity index (χ1n) is 3.55. The van der Waals surface area contributed by atoms with E-state index in [0.29, 0.717) is 12.7 Å². The van der Waals surface area contributed by atoms with Crippen LogP contribution >= 0.6 is 26.9 Å². The summed E-state index contributed by atoms with van der Waals surface area (Å²) in [6, 6.07) is 0. The summed E-state index contributed by atoms with van der Waals surface area (Å²) in [5, 5.41) is 0. The standard InChI is InChI=1S/C6H11Cl3O2Te.H3N/c1-2-3-4-6(5-10)11-12(7,8)9;/h5-6H,2-4H2,1H3;1H3. The van der Waals surface area contributed by atoms with Gasteiger partial charge in [-0.2, -0.15) is 0 Å². The summed E-state index contributed by atoms with van der Waals surface area (Å²) < 4.78 is 5.01. The monoisotopic (exact) mass is 367 g/mol. The summed E-state index contributed by atoms with van der Waals surface area (Å²) in [5.74, 6) is 0. The van der Waals surface area contributed by atoms with Gasteiger partial charge in [0.25, 0.3) is 0 Å². The van der Waals surface area contributed by atoms with Gasteiger partial charge in [-0.3, -0.25) is 0 Å². The van der Waals surface area contributed by atoms with Crippen molar-refractivity contribution in [3.63, 3.8) is 0 Å². The van der Waals surface area contributed by atoms with Gasteiger partial charge in [0.05, 0.1) is 0 Å². The smallest absolute Gasteiger partial charge is 0.344 e. The average molecular weight is 366 g/mol. The Labute approximate surface area is 94.2 Å². The molecule has 0 saturated heterocycles. The molecule has 0 bridgehead atoms. The van der Waals surface area contributed by atoms with Gasteiger partial charge in [-0.15, -0.1) is 0 Å². The molecule has 0 fully saturated rings. The minimum Gasteiger partial charge on any atom is -0.344 e. The molecule has 1 unspecified atom stereocenters. The number of hydrogen-bond acceptors (Lipinski definition) is 3. The minimum absolute atomic E-state index is 0. The predicted molar refractivity (Wildman–Crippen MR) is 58.8 cm³/mol. The van der Waals surface area contributed by atoms with Gasteiger partial charge in [0.1, 0.15) is 0 Å². The van der Waals surface area contributed by atoms with Crippen LogP contribution < -0.4 is 6.15 Å². The van der Waals surface area contributed by atoms with Crippen molar-refractivity contribution < 1.29 is 7.90 Å². The Hall–Kier alpha value is 1.25. The number of aldehydes is 1. The second kappa shape index (κ2) is 8.55. The molecule has 0 aliphatic carbocycles. The summed E-state index contributed by atoms with van der Waals surface area (Å²) in [6.45, 7) is 2.03. The van der Waals surface area contributed by atoms with Crippen LogP contribution in [-0.2, 0) is 7.90 Å². The van der Waals surface area contributed by atoms with E-state index in [1.54, 1.807) is 0 Å². The number of carbonyl (C=O) groups excluding carboxylic acids is 1. The quantitative estimate of drug-likeness (QED) is 0.581. The first-order chi connectivity index (χ1) is 5.49. The van der Waals surface area contributed by atoms with Gasteiger partial charge in [-0.05, 0) is 0 Å². The largest absolute Gasteiger partial charge is 0.344 e. The SMILES string of the molecule is CCCCC(C=O)O[Te](Cl)(Cl)Cl.N. The molecule has 0 spiro atoms. The summed E-state index contributed by atoms with van der Waals surface area (Å²) in [7, 11) is 16.6. The molecule has 0 aromatic rings. The normalized spacial score (nSPS) is 14.5. The van der Waals surface area contributed by atoms with E-state index in [2.05, 4.69) is 0 Å². The maximum atomic E-state index is 10.4. The molecular formula is C6H14Cl3NO2Te. The third-order valence-electron chi connectivity index (χ3n) is 1.23. The molecule has 0 aromatic heterocycles. The van der Waals surface area contributed by atoms with E-state index in [1.165, 1.54) is 0 Å². The number of rotatable bonds is 6. The molecule has 0 aliphatic heterocycles. The van der Waals surface area contributed by atoms with Gasteiger partial charge in [0, 0.05) is 0 Å². The maximum absolute atomic E-state index is 10.4. The van der Waals surface area contributed by atoms with Crippen molar-refractivity contribution >= 4 is 48.4 Å². The van der Waals surface area contributed by atoms with E-state index in [-0.39, 0.29) is 6.15 Å². The van der Waals surface area contributed by atoms with Gasteiger partial charge in [-0.1, -0.05) is 0 Å². The van der Waals surface area contributed by atoms with E-state index in [0.717, 1.165) is 12.8 Å². The van der Waals surface area contributed by atoms with Crippen LogP contribution in [0.2, 0.25) is 0 Å². The number of halogens is 3. The molecule has 0 saturated carbocycles. The molecular weight excluding hydrogens is 352 g/mol. The van der Waals surface area contributed by atoms with Gasteiger partial charge in [0.2, 0.25) is 0 Å². The van der Waals surface area contributed by atoms with E-state index >= 15 is 0 Å². The zero-order chi connectivity index (χ0) is 9.61. The van der Waals surface area contributed by atoms with Gasteiger partial charge < -0.3 is 6.15 Å². The number of unbranched alkanes of at least 4 members (excludes halogenated alkanes) is 1. The fraction of sp³-hybridized carbons (Fsp3) is 0.833. The molecule has 7 heteroatoms. The summed E-state index contributed by atoms with van der Waals surface area (Å²) >= 11 is -3.59. The fourth-order valence-electron chi connectivity index (χ4n) is 0.684. The molecule has 13 heavy (non-hydrogen) atoms. The summed E-state index contributed by atoms with van der Waals surface area (Å²) in [6.07, 6.45) is 2.72. The maximum Gasteiger partial charge on any atom is -0.344 e. The van der Waals surface area contributed by atoms with Crippen molar-refractivity contribution in [2.45, 2.75) is 32.3 Å². The zero-order valence-electron chi connectivity index (χ0n) is 7.34. The Morgan fingerprint density at radius 2 is 2.00 bits per heavy atom. The van der Waals surface area contributed by atoms with E-state index in [9.17, 15) is 4.79 Å². The zero-order valence-corrected chi connectivity index (χ0v) is 11.9. The molecule has 3 N–H and O–H groups in total.